The molecule has 5 nitrogen and oxygen atoms in total. The molecule has 1 aliphatic carbocycles. The van der Waals surface area contributed by atoms with Crippen LogP contribution in [-0.4, -0.2) is 39.1 Å². The molecule has 1 saturated carbocycles. The first-order valence-electron chi connectivity index (χ1n) is 7.98. The standard InChI is InChI=1S/C16H20N4OS/c1-10-6-8-22-13(10)16(21)20-7-2-3-12(9-20)15-17-14(18-19-15)11-4-5-11/h6,8,11-12H,2-5,7,9H2,1H3,(H,17,18,19). The minimum absolute atomic E-state index is 0.162. The van der Waals surface area contributed by atoms with Crippen LogP contribution in [0.3, 0.4) is 0 Å². The van der Waals surface area contributed by atoms with Gasteiger partial charge in [0.05, 0.1) is 4.88 Å². The Morgan fingerprint density at radius 2 is 2.23 bits per heavy atom. The summed E-state index contributed by atoms with van der Waals surface area (Å²) in [6, 6.07) is 2.01. The quantitative estimate of drug-likeness (QED) is 0.946. The maximum absolute atomic E-state index is 12.7. The van der Waals surface area contributed by atoms with Crippen molar-refractivity contribution in [3.05, 3.63) is 33.5 Å². The maximum Gasteiger partial charge on any atom is 0.264 e. The Morgan fingerprint density at radius 3 is 2.95 bits per heavy atom. The van der Waals surface area contributed by atoms with Crippen molar-refractivity contribution >= 4 is 17.2 Å². The van der Waals surface area contributed by atoms with E-state index in [-0.39, 0.29) is 11.8 Å². The van der Waals surface area contributed by atoms with Crippen LogP contribution in [0.1, 0.15) is 64.4 Å². The van der Waals surface area contributed by atoms with E-state index in [1.807, 2.05) is 23.3 Å². The number of hydrogen-bond donors (Lipinski definition) is 1. The van der Waals surface area contributed by atoms with Crippen molar-refractivity contribution in [1.82, 2.24) is 20.1 Å². The predicted molar refractivity (Wildman–Crippen MR) is 85.3 cm³/mol. The average Bonchev–Trinajstić information content (AvgIpc) is 3.11. The summed E-state index contributed by atoms with van der Waals surface area (Å²) in [6.07, 6.45) is 4.53. The highest BCUT2D eigenvalue weighted by Crippen LogP contribution is 2.38. The molecule has 22 heavy (non-hydrogen) atoms. The van der Waals surface area contributed by atoms with E-state index in [1.54, 1.807) is 0 Å². The molecule has 0 bridgehead atoms. The molecule has 6 heteroatoms. The Labute approximate surface area is 133 Å². The third-order valence-corrected chi connectivity index (χ3v) is 5.62. The molecule has 1 saturated heterocycles. The Kier molecular flexibility index (Phi) is 3.48. The normalized spacial score (nSPS) is 22.0. The fourth-order valence-corrected chi connectivity index (χ4v) is 4.01. The van der Waals surface area contributed by atoms with Gasteiger partial charge in [0.15, 0.2) is 5.82 Å². The predicted octanol–water partition coefficient (Wildman–Crippen LogP) is 3.07. The Bertz CT molecular complexity index is 688. The van der Waals surface area contributed by atoms with E-state index in [0.29, 0.717) is 5.92 Å². The number of rotatable bonds is 3. The van der Waals surface area contributed by atoms with E-state index < -0.39 is 0 Å². The van der Waals surface area contributed by atoms with Crippen LogP contribution in [0.15, 0.2) is 11.4 Å². The van der Waals surface area contributed by atoms with Crippen molar-refractivity contribution in [1.29, 1.82) is 0 Å². The van der Waals surface area contributed by atoms with Crippen LogP contribution in [0, 0.1) is 6.92 Å². The molecule has 2 aromatic rings. The number of thiophene rings is 1. The van der Waals surface area contributed by atoms with Crippen LogP contribution in [0.4, 0.5) is 0 Å². The fourth-order valence-electron chi connectivity index (χ4n) is 3.12. The van der Waals surface area contributed by atoms with Gasteiger partial charge < -0.3 is 4.90 Å². The molecule has 2 fully saturated rings. The number of aromatic nitrogens is 3. The monoisotopic (exact) mass is 316 g/mol. The number of aryl methyl sites for hydroxylation is 1. The van der Waals surface area contributed by atoms with Gasteiger partial charge in [0, 0.05) is 24.9 Å². The van der Waals surface area contributed by atoms with Gasteiger partial charge in [-0.3, -0.25) is 9.89 Å². The van der Waals surface area contributed by atoms with Crippen molar-refractivity contribution in [2.24, 2.45) is 0 Å². The molecule has 2 aliphatic rings. The van der Waals surface area contributed by atoms with Gasteiger partial charge in [-0.25, -0.2) is 4.98 Å². The summed E-state index contributed by atoms with van der Waals surface area (Å²) in [6.45, 7) is 3.58. The minimum atomic E-state index is 0.162. The minimum Gasteiger partial charge on any atom is -0.337 e. The zero-order valence-electron chi connectivity index (χ0n) is 12.7. The second-order valence-electron chi connectivity index (χ2n) is 6.38. The van der Waals surface area contributed by atoms with Gasteiger partial charge in [0.2, 0.25) is 0 Å². The molecule has 1 atom stereocenters. The van der Waals surface area contributed by atoms with Gasteiger partial charge in [-0.05, 0) is 49.6 Å². The SMILES string of the molecule is Cc1ccsc1C(=O)N1CCCC(c2n[nH]c(C3CC3)n2)C1. The summed E-state index contributed by atoms with van der Waals surface area (Å²) in [7, 11) is 0. The van der Waals surface area contributed by atoms with Gasteiger partial charge in [-0.15, -0.1) is 11.3 Å². The molecule has 4 rings (SSSR count). The van der Waals surface area contributed by atoms with Gasteiger partial charge in [0.1, 0.15) is 5.82 Å². The Morgan fingerprint density at radius 1 is 1.36 bits per heavy atom. The van der Waals surface area contributed by atoms with Crippen LogP contribution in [-0.2, 0) is 0 Å². The van der Waals surface area contributed by atoms with E-state index in [9.17, 15) is 4.79 Å². The molecular weight excluding hydrogens is 296 g/mol. The van der Waals surface area contributed by atoms with E-state index >= 15 is 0 Å². The number of carbonyl (C=O) groups excluding carboxylic acids is 1. The number of H-pyrrole nitrogens is 1. The summed E-state index contributed by atoms with van der Waals surface area (Å²) >= 11 is 1.54. The number of aromatic amines is 1. The van der Waals surface area contributed by atoms with Crippen LogP contribution in [0.5, 0.6) is 0 Å². The number of hydrogen-bond acceptors (Lipinski definition) is 4. The first kappa shape index (κ1) is 13.9. The van der Waals surface area contributed by atoms with Crippen molar-refractivity contribution in [2.75, 3.05) is 13.1 Å². The number of nitrogens with zero attached hydrogens (tertiary/aromatic N) is 3. The van der Waals surface area contributed by atoms with Crippen molar-refractivity contribution in [2.45, 2.75) is 44.4 Å². The largest absolute Gasteiger partial charge is 0.337 e. The van der Waals surface area contributed by atoms with Crippen molar-refractivity contribution in [3.8, 4) is 0 Å². The molecule has 0 radical (unpaired) electrons. The summed E-state index contributed by atoms with van der Waals surface area (Å²) in [4.78, 5) is 20.2. The third kappa shape index (κ3) is 2.56. The molecule has 1 aliphatic heterocycles. The molecule has 0 aromatic carbocycles. The summed E-state index contributed by atoms with van der Waals surface area (Å²) < 4.78 is 0. The highest BCUT2D eigenvalue weighted by molar-refractivity contribution is 7.12. The lowest BCUT2D eigenvalue weighted by atomic mass is 9.97. The summed E-state index contributed by atoms with van der Waals surface area (Å²) in [5.41, 5.74) is 1.08. The van der Waals surface area contributed by atoms with E-state index in [2.05, 4.69) is 15.2 Å². The van der Waals surface area contributed by atoms with Gasteiger partial charge in [-0.1, -0.05) is 0 Å². The molecule has 1 unspecified atom stereocenters. The molecular formula is C16H20N4OS. The molecule has 3 heterocycles. The lowest BCUT2D eigenvalue weighted by Gasteiger charge is -2.31. The van der Waals surface area contributed by atoms with E-state index in [1.165, 1.54) is 24.2 Å². The molecule has 116 valence electrons. The highest BCUT2D eigenvalue weighted by atomic mass is 32.1. The fraction of sp³-hybridized carbons (Fsp3) is 0.562. The Hall–Kier alpha value is -1.69. The van der Waals surface area contributed by atoms with Crippen LogP contribution < -0.4 is 0 Å². The lowest BCUT2D eigenvalue weighted by molar-refractivity contribution is 0.0709. The number of carbonyl (C=O) groups is 1. The first-order chi connectivity index (χ1) is 10.7. The lowest BCUT2D eigenvalue weighted by Crippen LogP contribution is -2.39. The zero-order valence-corrected chi connectivity index (χ0v) is 13.5. The molecule has 1 amide bonds. The third-order valence-electron chi connectivity index (χ3n) is 4.61. The average molecular weight is 316 g/mol. The summed E-state index contributed by atoms with van der Waals surface area (Å²) in [5, 5.41) is 9.47. The maximum atomic E-state index is 12.7. The van der Waals surface area contributed by atoms with Gasteiger partial charge in [0.25, 0.3) is 5.91 Å². The van der Waals surface area contributed by atoms with Gasteiger partial charge >= 0.3 is 0 Å². The summed E-state index contributed by atoms with van der Waals surface area (Å²) in [5.74, 6) is 2.95. The smallest absolute Gasteiger partial charge is 0.264 e. The van der Waals surface area contributed by atoms with E-state index in [4.69, 9.17) is 0 Å². The number of likely N-dealkylation sites (tertiary alicyclic amines) is 1. The molecule has 0 spiro atoms. The zero-order chi connectivity index (χ0) is 15.1. The highest BCUT2D eigenvalue weighted by Gasteiger charge is 2.31. The van der Waals surface area contributed by atoms with E-state index in [0.717, 1.165) is 48.0 Å². The van der Waals surface area contributed by atoms with Crippen LogP contribution in [0.25, 0.3) is 0 Å². The number of piperidine rings is 1. The molecule has 1 N–H and O–H groups in total. The second kappa shape index (κ2) is 5.50. The van der Waals surface area contributed by atoms with Crippen molar-refractivity contribution in [3.63, 3.8) is 0 Å². The Balaban J connectivity index is 1.49. The second-order valence-corrected chi connectivity index (χ2v) is 7.29. The number of nitrogens with one attached hydrogen (secondary N) is 1. The van der Waals surface area contributed by atoms with Crippen molar-refractivity contribution < 1.29 is 4.79 Å². The topological polar surface area (TPSA) is 61.9 Å². The molecule has 2 aromatic heterocycles. The van der Waals surface area contributed by atoms with Crippen LogP contribution >= 0.6 is 11.3 Å². The van der Waals surface area contributed by atoms with Crippen LogP contribution in [0.2, 0.25) is 0 Å². The number of amides is 1. The first-order valence-corrected chi connectivity index (χ1v) is 8.86. The van der Waals surface area contributed by atoms with Gasteiger partial charge in [-0.2, -0.15) is 5.10 Å².